The van der Waals surface area contributed by atoms with Gasteiger partial charge >= 0.3 is 0 Å². The van der Waals surface area contributed by atoms with Gasteiger partial charge in [-0.1, -0.05) is 44.2 Å². The highest BCUT2D eigenvalue weighted by Crippen LogP contribution is 2.63. The number of benzene rings is 1. The fourth-order valence-corrected chi connectivity index (χ4v) is 4.33. The van der Waals surface area contributed by atoms with Gasteiger partial charge in [-0.25, -0.2) is 0 Å². The van der Waals surface area contributed by atoms with Gasteiger partial charge in [0.2, 0.25) is 5.91 Å². The van der Waals surface area contributed by atoms with E-state index in [1.165, 1.54) is 5.56 Å². The lowest BCUT2D eigenvalue weighted by atomic mass is 9.88. The summed E-state index contributed by atoms with van der Waals surface area (Å²) in [6.07, 6.45) is 1.42. The number of aromatic nitrogens is 2. The number of hydrogen-bond acceptors (Lipinski definition) is 3. The number of carbonyl (C=O) groups excluding carboxylic acids is 2. The van der Waals surface area contributed by atoms with Gasteiger partial charge in [0.1, 0.15) is 0 Å². The molecule has 1 aliphatic carbocycles. The van der Waals surface area contributed by atoms with Gasteiger partial charge in [-0.3, -0.25) is 14.3 Å². The maximum atomic E-state index is 12.5. The lowest BCUT2D eigenvalue weighted by Crippen LogP contribution is -2.35. The molecule has 3 rings (SSSR count). The quantitative estimate of drug-likeness (QED) is 0.761. The monoisotopic (exact) mass is 367 g/mol. The Bertz CT molecular complexity index is 867. The molecule has 0 aliphatic heterocycles. The molecule has 1 atom stereocenters. The summed E-state index contributed by atoms with van der Waals surface area (Å²) in [5.74, 6) is 0.0337. The fourth-order valence-electron chi connectivity index (χ4n) is 4.33. The Balaban J connectivity index is 1.61. The van der Waals surface area contributed by atoms with Gasteiger partial charge in [0.05, 0.1) is 11.3 Å². The van der Waals surface area contributed by atoms with Gasteiger partial charge in [0.15, 0.2) is 5.78 Å². The zero-order chi connectivity index (χ0) is 19.8. The zero-order valence-corrected chi connectivity index (χ0v) is 16.9. The maximum absolute atomic E-state index is 12.5. The van der Waals surface area contributed by atoms with Crippen molar-refractivity contribution in [3.8, 4) is 0 Å². The van der Waals surface area contributed by atoms with E-state index in [1.54, 1.807) is 11.6 Å². The second-order valence-corrected chi connectivity index (χ2v) is 8.36. The molecule has 0 bridgehead atoms. The number of aryl methyl sites for hydroxylation is 2. The van der Waals surface area contributed by atoms with Crippen LogP contribution in [0.4, 0.5) is 0 Å². The van der Waals surface area contributed by atoms with Gasteiger partial charge in [-0.05, 0) is 38.2 Å². The molecule has 5 heteroatoms. The van der Waals surface area contributed by atoms with E-state index in [-0.39, 0.29) is 22.5 Å². The Hall–Kier alpha value is -2.43. The molecule has 144 valence electrons. The van der Waals surface area contributed by atoms with Crippen LogP contribution in [0.15, 0.2) is 30.3 Å². The third-order valence-electron chi connectivity index (χ3n) is 6.11. The number of nitrogens with one attached hydrogen (secondary N) is 1. The topological polar surface area (TPSA) is 64.0 Å². The van der Waals surface area contributed by atoms with Crippen LogP contribution in [-0.2, 0) is 16.8 Å². The van der Waals surface area contributed by atoms with Crippen molar-refractivity contribution in [3.63, 3.8) is 0 Å². The van der Waals surface area contributed by atoms with Crippen LogP contribution < -0.4 is 5.32 Å². The van der Waals surface area contributed by atoms with Crippen LogP contribution in [0.25, 0.3) is 0 Å². The summed E-state index contributed by atoms with van der Waals surface area (Å²) in [5.41, 5.74) is 3.72. The Morgan fingerprint density at radius 1 is 1.19 bits per heavy atom. The Morgan fingerprint density at radius 2 is 1.81 bits per heavy atom. The van der Waals surface area contributed by atoms with E-state index in [4.69, 9.17) is 0 Å². The molecule has 1 amide bonds. The molecule has 1 aromatic heterocycles. The third kappa shape index (κ3) is 3.55. The molecule has 1 saturated carbocycles. The molecule has 1 aliphatic rings. The number of ketones is 1. The molecule has 27 heavy (non-hydrogen) atoms. The van der Waals surface area contributed by atoms with Gasteiger partial charge in [0.25, 0.3) is 0 Å². The normalized spacial score (nSPS) is 20.3. The Kier molecular flexibility index (Phi) is 4.98. The van der Waals surface area contributed by atoms with Crippen molar-refractivity contribution in [1.29, 1.82) is 0 Å². The van der Waals surface area contributed by atoms with Crippen LogP contribution in [0.5, 0.6) is 0 Å². The number of hydrogen-bond donors (Lipinski definition) is 1. The van der Waals surface area contributed by atoms with Crippen molar-refractivity contribution in [1.82, 2.24) is 15.1 Å². The van der Waals surface area contributed by atoms with Crippen molar-refractivity contribution >= 4 is 11.7 Å². The first kappa shape index (κ1) is 19.3. The fraction of sp³-hybridized carbons (Fsp3) is 0.500. The van der Waals surface area contributed by atoms with Crippen LogP contribution in [0.2, 0.25) is 0 Å². The lowest BCUT2D eigenvalue weighted by Gasteiger charge is -2.22. The van der Waals surface area contributed by atoms with E-state index >= 15 is 0 Å². The summed E-state index contributed by atoms with van der Waals surface area (Å²) in [7, 11) is 0. The Morgan fingerprint density at radius 3 is 2.33 bits per heavy atom. The predicted molar refractivity (Wildman–Crippen MR) is 106 cm³/mol. The smallest absolute Gasteiger partial charge is 0.221 e. The average Bonchev–Trinajstić information content (AvgIpc) is 3.06. The molecule has 0 spiro atoms. The first-order chi connectivity index (χ1) is 12.7. The van der Waals surface area contributed by atoms with E-state index in [1.807, 2.05) is 19.9 Å². The highest BCUT2D eigenvalue weighted by Gasteiger charge is 2.61. The van der Waals surface area contributed by atoms with Gasteiger partial charge < -0.3 is 5.32 Å². The van der Waals surface area contributed by atoms with E-state index in [2.05, 4.69) is 48.5 Å². The first-order valence-electron chi connectivity index (χ1n) is 9.55. The molecule has 1 aromatic carbocycles. The molecule has 1 fully saturated rings. The molecular weight excluding hydrogens is 338 g/mol. The number of rotatable bonds is 7. The van der Waals surface area contributed by atoms with Crippen molar-refractivity contribution in [2.45, 2.75) is 59.4 Å². The van der Waals surface area contributed by atoms with E-state index in [9.17, 15) is 9.59 Å². The van der Waals surface area contributed by atoms with Crippen LogP contribution >= 0.6 is 0 Å². The number of carbonyl (C=O) groups is 2. The summed E-state index contributed by atoms with van der Waals surface area (Å²) in [5, 5.41) is 7.54. The summed E-state index contributed by atoms with van der Waals surface area (Å²) in [4.78, 5) is 24.2. The van der Waals surface area contributed by atoms with Gasteiger partial charge in [-0.15, -0.1) is 0 Å². The Labute approximate surface area is 161 Å². The molecule has 1 unspecified atom stereocenters. The number of Topliss-reactive ketones (excluding diaryl/α,β-unsaturated/α-hetero) is 1. The van der Waals surface area contributed by atoms with Crippen LogP contribution in [-0.4, -0.2) is 28.0 Å². The summed E-state index contributed by atoms with van der Waals surface area (Å²) in [6.45, 7) is 10.9. The maximum Gasteiger partial charge on any atom is 0.221 e. The molecule has 1 N–H and O–H groups in total. The van der Waals surface area contributed by atoms with Gasteiger partial charge in [-0.2, -0.15) is 5.10 Å². The molecule has 1 heterocycles. The molecule has 5 nitrogen and oxygen atoms in total. The van der Waals surface area contributed by atoms with Crippen molar-refractivity contribution in [2.24, 2.45) is 5.41 Å². The van der Waals surface area contributed by atoms with E-state index in [0.717, 1.165) is 17.8 Å². The molecular formula is C22H29N3O2. The second-order valence-electron chi connectivity index (χ2n) is 8.36. The average molecular weight is 367 g/mol. The molecule has 0 radical (unpaired) electrons. The largest absolute Gasteiger partial charge is 0.355 e. The zero-order valence-electron chi connectivity index (χ0n) is 16.9. The van der Waals surface area contributed by atoms with Gasteiger partial charge in [0, 0.05) is 30.6 Å². The summed E-state index contributed by atoms with van der Waals surface area (Å²) < 4.78 is 1.76. The van der Waals surface area contributed by atoms with Crippen molar-refractivity contribution in [2.75, 3.05) is 6.54 Å². The first-order valence-corrected chi connectivity index (χ1v) is 9.55. The van der Waals surface area contributed by atoms with Crippen LogP contribution in [0.1, 0.15) is 60.9 Å². The van der Waals surface area contributed by atoms with Crippen LogP contribution in [0, 0.1) is 19.3 Å². The minimum absolute atomic E-state index is 0.0152. The summed E-state index contributed by atoms with van der Waals surface area (Å²) in [6, 6.07) is 10.4. The third-order valence-corrected chi connectivity index (χ3v) is 6.11. The van der Waals surface area contributed by atoms with E-state index in [0.29, 0.717) is 25.1 Å². The minimum atomic E-state index is 0.0152. The second kappa shape index (κ2) is 6.95. The van der Waals surface area contributed by atoms with E-state index < -0.39 is 0 Å². The number of amides is 1. The summed E-state index contributed by atoms with van der Waals surface area (Å²) >= 11 is 0. The predicted octanol–water partition coefficient (Wildman–Crippen LogP) is 3.58. The SMILES string of the molecule is CC(=O)c1c(C)nn(CCC(=O)NCC2(c3ccccc3)CC2(C)C)c1C. The highest BCUT2D eigenvalue weighted by molar-refractivity contribution is 5.96. The highest BCUT2D eigenvalue weighted by atomic mass is 16.1. The minimum Gasteiger partial charge on any atom is -0.355 e. The standard InChI is InChI=1S/C22H29N3O2/c1-15-20(17(3)26)16(2)25(24-15)12-11-19(27)23-14-22(13-21(22,4)5)18-9-7-6-8-10-18/h6-10H,11-14H2,1-5H3,(H,23,27). The number of nitrogens with zero attached hydrogens (tertiary/aromatic N) is 2. The molecule has 2 aromatic rings. The van der Waals surface area contributed by atoms with Crippen LogP contribution in [0.3, 0.4) is 0 Å². The molecule has 0 saturated heterocycles. The lowest BCUT2D eigenvalue weighted by molar-refractivity contribution is -0.121. The van der Waals surface area contributed by atoms with Crippen molar-refractivity contribution in [3.05, 3.63) is 52.8 Å². The van der Waals surface area contributed by atoms with Crippen molar-refractivity contribution < 1.29 is 9.59 Å².